The molecule has 3 N–H and O–H groups in total. The Labute approximate surface area is 276 Å². The monoisotopic (exact) mass is 696 g/mol. The molecule has 17 heteroatoms. The van der Waals surface area contributed by atoms with E-state index < -0.39 is 22.5 Å². The average molecular weight is 697 g/mol. The fraction of sp³-hybridized carbons (Fsp3) is 0.188. The highest BCUT2D eigenvalue weighted by Gasteiger charge is 2.31. The van der Waals surface area contributed by atoms with Crippen LogP contribution in [0.1, 0.15) is 23.3 Å². The van der Waals surface area contributed by atoms with E-state index in [1.807, 2.05) is 12.1 Å². The Morgan fingerprint density at radius 3 is 2.35 bits per heavy atom. The highest BCUT2D eigenvalue weighted by atomic mass is 32.2. The van der Waals surface area contributed by atoms with Gasteiger partial charge in [-0.2, -0.15) is 4.98 Å². The van der Waals surface area contributed by atoms with Crippen molar-refractivity contribution in [3.8, 4) is 22.9 Å². The molecule has 0 aliphatic rings. The molecule has 0 saturated carbocycles. The lowest BCUT2D eigenvalue weighted by Crippen LogP contribution is -2.23. The van der Waals surface area contributed by atoms with Gasteiger partial charge in [0.25, 0.3) is 15.9 Å². The lowest BCUT2D eigenvalue weighted by molar-refractivity contribution is -0.274. The summed E-state index contributed by atoms with van der Waals surface area (Å²) in [4.78, 5) is 12.4. The van der Waals surface area contributed by atoms with Crippen molar-refractivity contribution in [1.29, 1.82) is 0 Å². The molecule has 49 heavy (non-hydrogen) atoms. The van der Waals surface area contributed by atoms with E-state index in [-0.39, 0.29) is 41.3 Å². The fourth-order valence-corrected chi connectivity index (χ4v) is 5.63. The van der Waals surface area contributed by atoms with Gasteiger partial charge in [-0.25, -0.2) is 18.4 Å². The first-order valence-electron chi connectivity index (χ1n) is 14.6. The number of anilines is 1. The van der Waals surface area contributed by atoms with Crippen LogP contribution in [-0.2, 0) is 23.1 Å². The first-order valence-corrected chi connectivity index (χ1v) is 16.1. The number of hydrogen-bond acceptors (Lipinski definition) is 12. The summed E-state index contributed by atoms with van der Waals surface area (Å²) in [5.41, 5.74) is 2.77. The summed E-state index contributed by atoms with van der Waals surface area (Å²) in [6.45, 7) is 0.683. The highest BCUT2D eigenvalue weighted by Crippen LogP contribution is 2.26. The van der Waals surface area contributed by atoms with Crippen molar-refractivity contribution in [3.05, 3.63) is 108 Å². The molecular formula is C32H27F3N6O7S. The topological polar surface area (TPSA) is 175 Å². The van der Waals surface area contributed by atoms with Crippen LogP contribution in [0.3, 0.4) is 0 Å². The van der Waals surface area contributed by atoms with E-state index in [1.54, 1.807) is 24.4 Å². The van der Waals surface area contributed by atoms with Crippen LogP contribution in [0.25, 0.3) is 22.6 Å². The van der Waals surface area contributed by atoms with Crippen LogP contribution < -0.4 is 19.5 Å². The normalized spacial score (nSPS) is 12.6. The number of furan rings is 1. The second kappa shape index (κ2) is 14.3. The Kier molecular flexibility index (Phi) is 9.75. The number of rotatable bonds is 14. The Morgan fingerprint density at radius 1 is 0.918 bits per heavy atom. The van der Waals surface area contributed by atoms with Crippen LogP contribution in [0.5, 0.6) is 11.5 Å². The van der Waals surface area contributed by atoms with Crippen molar-refractivity contribution < 1.29 is 45.1 Å². The van der Waals surface area contributed by atoms with E-state index in [9.17, 15) is 26.7 Å². The molecule has 0 saturated heterocycles. The summed E-state index contributed by atoms with van der Waals surface area (Å²) in [5, 5.41) is 17.4. The molecule has 6 rings (SSSR count). The lowest BCUT2D eigenvalue weighted by Gasteiger charge is -2.11. The van der Waals surface area contributed by atoms with Crippen molar-refractivity contribution >= 4 is 26.9 Å². The Balaban J connectivity index is 0.961. The summed E-state index contributed by atoms with van der Waals surface area (Å²) in [6.07, 6.45) is -1.95. The van der Waals surface area contributed by atoms with Crippen LogP contribution in [0.2, 0.25) is 0 Å². The van der Waals surface area contributed by atoms with Crippen LogP contribution in [-0.4, -0.2) is 53.1 Å². The van der Waals surface area contributed by atoms with Gasteiger partial charge in [0.05, 0.1) is 4.90 Å². The van der Waals surface area contributed by atoms with Crippen LogP contribution >= 0.6 is 0 Å². The number of fused-ring (bicyclic) bond motifs is 1. The quantitative estimate of drug-likeness (QED) is 0.124. The largest absolute Gasteiger partial charge is 0.573 e. The minimum Gasteiger partial charge on any atom is -0.484 e. The van der Waals surface area contributed by atoms with E-state index in [0.717, 1.165) is 17.7 Å². The number of hydrogen-bond donors (Lipinski definition) is 3. The third-order valence-electron chi connectivity index (χ3n) is 6.96. The van der Waals surface area contributed by atoms with Crippen molar-refractivity contribution in [2.24, 2.45) is 0 Å². The standard InChI is InChI=1S/C32H27F3N6O7S/c33-32(34,35)47-24-9-7-23(8-10-24)45-19-29-39-30(40-48-29)21-3-11-25(12-4-21)49(43,44)41-22-5-1-20(2-6-22)13-14-36-18-27(42)28-17-26-31(46-28)38-16-15-37-26/h1-12,15-17,27,36,41-42H,13-14,18-19H2/t27-/m0/s1. The maximum atomic E-state index is 13.0. The number of aliphatic hydroxyl groups excluding tert-OH is 1. The molecule has 3 aromatic carbocycles. The van der Waals surface area contributed by atoms with Gasteiger partial charge in [0.1, 0.15) is 28.9 Å². The molecule has 6 aromatic rings. The van der Waals surface area contributed by atoms with Gasteiger partial charge < -0.3 is 28.8 Å². The van der Waals surface area contributed by atoms with Crippen molar-refractivity contribution in [1.82, 2.24) is 25.4 Å². The maximum Gasteiger partial charge on any atom is 0.573 e. The van der Waals surface area contributed by atoms with Gasteiger partial charge in [-0.3, -0.25) is 4.72 Å². The third kappa shape index (κ3) is 8.89. The Morgan fingerprint density at radius 2 is 1.63 bits per heavy atom. The van der Waals surface area contributed by atoms with E-state index in [0.29, 0.717) is 41.2 Å². The molecule has 0 aliphatic carbocycles. The minimum absolute atomic E-state index is 0.0177. The molecule has 3 aromatic heterocycles. The zero-order valence-electron chi connectivity index (χ0n) is 25.3. The van der Waals surface area contributed by atoms with E-state index >= 15 is 0 Å². The molecule has 0 spiro atoms. The predicted molar refractivity (Wildman–Crippen MR) is 168 cm³/mol. The number of aromatic nitrogens is 4. The first-order chi connectivity index (χ1) is 23.5. The summed E-state index contributed by atoms with van der Waals surface area (Å²) in [6, 6.07) is 19.3. The van der Waals surface area contributed by atoms with Gasteiger partial charge in [0.2, 0.25) is 11.5 Å². The number of nitrogens with one attached hydrogen (secondary N) is 2. The lowest BCUT2D eigenvalue weighted by atomic mass is 10.1. The fourth-order valence-electron chi connectivity index (χ4n) is 4.58. The van der Waals surface area contributed by atoms with Gasteiger partial charge in [0, 0.05) is 36.3 Å². The molecule has 0 unspecified atom stereocenters. The van der Waals surface area contributed by atoms with Gasteiger partial charge in [-0.05, 0) is 79.2 Å². The van der Waals surface area contributed by atoms with E-state index in [2.05, 4.69) is 34.9 Å². The number of aliphatic hydroxyl groups is 1. The van der Waals surface area contributed by atoms with Gasteiger partial charge in [0.15, 0.2) is 6.61 Å². The van der Waals surface area contributed by atoms with Crippen LogP contribution in [0.4, 0.5) is 18.9 Å². The molecule has 13 nitrogen and oxygen atoms in total. The highest BCUT2D eigenvalue weighted by molar-refractivity contribution is 7.92. The molecule has 0 bridgehead atoms. The third-order valence-corrected chi connectivity index (χ3v) is 8.36. The summed E-state index contributed by atoms with van der Waals surface area (Å²) >= 11 is 0. The van der Waals surface area contributed by atoms with E-state index in [4.69, 9.17) is 13.7 Å². The van der Waals surface area contributed by atoms with Gasteiger partial charge >= 0.3 is 6.36 Å². The maximum absolute atomic E-state index is 13.0. The smallest absolute Gasteiger partial charge is 0.484 e. The summed E-state index contributed by atoms with van der Waals surface area (Å²) in [5.74, 6) is 0.531. The second-order valence-corrected chi connectivity index (χ2v) is 12.2. The molecule has 0 amide bonds. The van der Waals surface area contributed by atoms with Gasteiger partial charge in [-0.15, -0.1) is 13.2 Å². The number of halogens is 3. The number of sulfonamides is 1. The van der Waals surface area contributed by atoms with Crippen LogP contribution in [0.15, 0.2) is 105 Å². The molecule has 0 aliphatic heterocycles. The predicted octanol–water partition coefficient (Wildman–Crippen LogP) is 5.42. The van der Waals surface area contributed by atoms with Crippen LogP contribution in [0, 0.1) is 0 Å². The Bertz CT molecular complexity index is 2070. The van der Waals surface area contributed by atoms with Gasteiger partial charge in [-0.1, -0.05) is 17.3 Å². The number of nitrogens with zero attached hydrogens (tertiary/aromatic N) is 4. The molecular weight excluding hydrogens is 669 g/mol. The molecule has 254 valence electrons. The van der Waals surface area contributed by atoms with Crippen molar-refractivity contribution in [3.63, 3.8) is 0 Å². The average Bonchev–Trinajstić information content (AvgIpc) is 3.74. The zero-order valence-corrected chi connectivity index (χ0v) is 26.1. The van der Waals surface area contributed by atoms with Crippen molar-refractivity contribution in [2.45, 2.75) is 30.4 Å². The summed E-state index contributed by atoms with van der Waals surface area (Å²) in [7, 11) is -3.90. The molecule has 1 atom stereocenters. The molecule has 0 radical (unpaired) electrons. The first kappa shape index (κ1) is 33.4. The number of alkyl halides is 3. The van der Waals surface area contributed by atoms with E-state index in [1.165, 1.54) is 42.6 Å². The second-order valence-electron chi connectivity index (χ2n) is 10.5. The number of benzene rings is 3. The molecule has 0 fully saturated rings. The SMILES string of the molecule is O=S(=O)(Nc1ccc(CCNC[C@H](O)c2cc3nccnc3o2)cc1)c1ccc(-c2noc(COc3ccc(OC(F)(F)F)cc3)n2)cc1. The zero-order chi connectivity index (χ0) is 34.4. The van der Waals surface area contributed by atoms with Crippen molar-refractivity contribution in [2.75, 3.05) is 17.8 Å². The summed E-state index contributed by atoms with van der Waals surface area (Å²) < 4.78 is 85.5. The number of ether oxygens (including phenoxy) is 2. The minimum atomic E-state index is -4.79. The Hall–Kier alpha value is -5.52. The molecule has 3 heterocycles.